The minimum absolute atomic E-state index is 0.139. The van der Waals surface area contributed by atoms with Gasteiger partial charge < -0.3 is 20.1 Å². The molecular weight excluding hydrogens is 244 g/mol. The van der Waals surface area contributed by atoms with Gasteiger partial charge in [0.05, 0.1) is 6.10 Å². The molecule has 1 heterocycles. The van der Waals surface area contributed by atoms with E-state index in [2.05, 4.69) is 0 Å². The molecule has 3 rings (SSSR count). The van der Waals surface area contributed by atoms with E-state index in [1.807, 2.05) is 0 Å². The van der Waals surface area contributed by atoms with Crippen molar-refractivity contribution in [1.29, 1.82) is 0 Å². The van der Waals surface area contributed by atoms with E-state index in [1.54, 1.807) is 42.5 Å². The Morgan fingerprint density at radius 2 is 1.63 bits per heavy atom. The van der Waals surface area contributed by atoms with Crippen molar-refractivity contribution in [2.75, 3.05) is 0 Å². The first kappa shape index (κ1) is 11.9. The molecule has 0 aromatic heterocycles. The lowest BCUT2D eigenvalue weighted by atomic mass is 9.94. The maximum atomic E-state index is 10.2. The highest BCUT2D eigenvalue weighted by molar-refractivity contribution is 5.43. The van der Waals surface area contributed by atoms with Crippen molar-refractivity contribution >= 4 is 0 Å². The summed E-state index contributed by atoms with van der Waals surface area (Å²) in [6.45, 7) is 0. The standard InChI is InChI=1S/C15H14O4/c16-11-4-1-9(2-5-11)15-13(18)7-10-3-6-12(17)8-14(10)19-15/h1-6,8,13,15-18H,7H2. The zero-order chi connectivity index (χ0) is 13.4. The molecule has 0 saturated heterocycles. The Hall–Kier alpha value is -2.20. The van der Waals surface area contributed by atoms with Crippen LogP contribution in [0.2, 0.25) is 0 Å². The van der Waals surface area contributed by atoms with E-state index in [-0.39, 0.29) is 11.5 Å². The highest BCUT2D eigenvalue weighted by Gasteiger charge is 2.29. The molecule has 0 aliphatic carbocycles. The van der Waals surface area contributed by atoms with Crippen molar-refractivity contribution in [2.45, 2.75) is 18.6 Å². The fourth-order valence-electron chi connectivity index (χ4n) is 2.32. The molecule has 2 aromatic carbocycles. The Balaban J connectivity index is 1.94. The summed E-state index contributed by atoms with van der Waals surface area (Å²) in [6, 6.07) is 11.4. The molecule has 1 aliphatic rings. The van der Waals surface area contributed by atoms with Gasteiger partial charge in [0, 0.05) is 12.5 Å². The second kappa shape index (κ2) is 4.48. The van der Waals surface area contributed by atoms with E-state index in [1.165, 1.54) is 0 Å². The van der Waals surface area contributed by atoms with Crippen molar-refractivity contribution < 1.29 is 20.1 Å². The normalized spacial score (nSPS) is 21.5. The average Bonchev–Trinajstić information content (AvgIpc) is 2.40. The molecule has 3 N–H and O–H groups in total. The predicted molar refractivity (Wildman–Crippen MR) is 69.3 cm³/mol. The number of benzene rings is 2. The quantitative estimate of drug-likeness (QED) is 0.733. The molecule has 0 amide bonds. The lowest BCUT2D eigenvalue weighted by Gasteiger charge is -2.31. The van der Waals surface area contributed by atoms with Crippen LogP contribution in [-0.2, 0) is 6.42 Å². The number of aromatic hydroxyl groups is 2. The third-order valence-corrected chi connectivity index (χ3v) is 3.30. The molecule has 0 spiro atoms. The van der Waals surface area contributed by atoms with Crippen molar-refractivity contribution in [3.8, 4) is 17.2 Å². The summed E-state index contributed by atoms with van der Waals surface area (Å²) in [5.74, 6) is 0.898. The molecule has 4 heteroatoms. The molecule has 2 aromatic rings. The first-order chi connectivity index (χ1) is 9.13. The molecule has 98 valence electrons. The summed E-state index contributed by atoms with van der Waals surface area (Å²) in [5.41, 5.74) is 1.67. The number of hydrogen-bond donors (Lipinski definition) is 3. The van der Waals surface area contributed by atoms with Crippen LogP contribution in [0, 0.1) is 0 Å². The second-order valence-electron chi connectivity index (χ2n) is 4.69. The van der Waals surface area contributed by atoms with E-state index in [0.717, 1.165) is 11.1 Å². The topological polar surface area (TPSA) is 69.9 Å². The van der Waals surface area contributed by atoms with Gasteiger partial charge in [-0.15, -0.1) is 0 Å². The fraction of sp³-hybridized carbons (Fsp3) is 0.200. The molecule has 1 aliphatic heterocycles. The zero-order valence-electron chi connectivity index (χ0n) is 10.2. The molecule has 0 bridgehead atoms. The fourth-order valence-corrected chi connectivity index (χ4v) is 2.32. The minimum Gasteiger partial charge on any atom is -0.508 e. The smallest absolute Gasteiger partial charge is 0.150 e. The molecule has 0 fully saturated rings. The maximum absolute atomic E-state index is 10.2. The number of rotatable bonds is 1. The van der Waals surface area contributed by atoms with Crippen LogP contribution < -0.4 is 4.74 Å². The summed E-state index contributed by atoms with van der Waals surface area (Å²) in [5, 5.41) is 28.9. The number of aliphatic hydroxyl groups excluding tert-OH is 1. The van der Waals surface area contributed by atoms with Gasteiger partial charge in [-0.2, -0.15) is 0 Å². The predicted octanol–water partition coefficient (Wildman–Crippen LogP) is 2.13. The number of aliphatic hydroxyl groups is 1. The van der Waals surface area contributed by atoms with Crippen LogP contribution in [0.5, 0.6) is 17.2 Å². The third kappa shape index (κ3) is 2.22. The van der Waals surface area contributed by atoms with Crippen LogP contribution in [0.15, 0.2) is 42.5 Å². The summed E-state index contributed by atoms with van der Waals surface area (Å²) in [4.78, 5) is 0. The molecule has 2 atom stereocenters. The van der Waals surface area contributed by atoms with Crippen LogP contribution in [-0.4, -0.2) is 21.4 Å². The number of hydrogen-bond acceptors (Lipinski definition) is 4. The Morgan fingerprint density at radius 3 is 2.37 bits per heavy atom. The van der Waals surface area contributed by atoms with Crippen molar-refractivity contribution in [2.24, 2.45) is 0 Å². The van der Waals surface area contributed by atoms with Gasteiger partial charge in [0.15, 0.2) is 0 Å². The molecule has 4 nitrogen and oxygen atoms in total. The average molecular weight is 258 g/mol. The van der Waals surface area contributed by atoms with Gasteiger partial charge in [-0.3, -0.25) is 0 Å². The van der Waals surface area contributed by atoms with Gasteiger partial charge in [0.2, 0.25) is 0 Å². The molecule has 19 heavy (non-hydrogen) atoms. The van der Waals surface area contributed by atoms with Crippen molar-refractivity contribution in [1.82, 2.24) is 0 Å². The Bertz CT molecular complexity index is 592. The number of ether oxygens (including phenoxy) is 1. The van der Waals surface area contributed by atoms with Crippen LogP contribution in [0.4, 0.5) is 0 Å². The summed E-state index contributed by atoms with van der Waals surface area (Å²) in [7, 11) is 0. The second-order valence-corrected chi connectivity index (χ2v) is 4.69. The van der Waals surface area contributed by atoms with Crippen molar-refractivity contribution in [3.63, 3.8) is 0 Å². The monoisotopic (exact) mass is 258 g/mol. The van der Waals surface area contributed by atoms with E-state index in [0.29, 0.717) is 12.2 Å². The van der Waals surface area contributed by atoms with Crippen LogP contribution in [0.25, 0.3) is 0 Å². The molecule has 0 saturated carbocycles. The number of fused-ring (bicyclic) bond motifs is 1. The van der Waals surface area contributed by atoms with Crippen LogP contribution in [0.1, 0.15) is 17.2 Å². The van der Waals surface area contributed by atoms with Crippen molar-refractivity contribution in [3.05, 3.63) is 53.6 Å². The first-order valence-corrected chi connectivity index (χ1v) is 6.09. The molecule has 0 radical (unpaired) electrons. The Labute approximate surface area is 110 Å². The Kier molecular flexibility index (Phi) is 2.80. The van der Waals surface area contributed by atoms with Gasteiger partial charge in [0.1, 0.15) is 23.4 Å². The van der Waals surface area contributed by atoms with E-state index in [4.69, 9.17) is 4.74 Å². The number of phenolic OH excluding ortho intramolecular Hbond substituents is 2. The van der Waals surface area contributed by atoms with Gasteiger partial charge >= 0.3 is 0 Å². The maximum Gasteiger partial charge on any atom is 0.150 e. The van der Waals surface area contributed by atoms with Crippen LogP contribution in [0.3, 0.4) is 0 Å². The summed E-state index contributed by atoms with van der Waals surface area (Å²) < 4.78 is 5.76. The number of phenols is 2. The van der Waals surface area contributed by atoms with E-state index < -0.39 is 12.2 Å². The largest absolute Gasteiger partial charge is 0.508 e. The van der Waals surface area contributed by atoms with E-state index >= 15 is 0 Å². The SMILES string of the molecule is Oc1ccc(C2Oc3cc(O)ccc3CC2O)cc1. The zero-order valence-corrected chi connectivity index (χ0v) is 10.2. The highest BCUT2D eigenvalue weighted by Crippen LogP contribution is 2.37. The highest BCUT2D eigenvalue weighted by atomic mass is 16.5. The summed E-state index contributed by atoms with van der Waals surface area (Å²) >= 11 is 0. The minimum atomic E-state index is -0.651. The van der Waals surface area contributed by atoms with Gasteiger partial charge in [-0.25, -0.2) is 0 Å². The molecule has 2 unspecified atom stereocenters. The lowest BCUT2D eigenvalue weighted by molar-refractivity contribution is 0.0206. The Morgan fingerprint density at radius 1 is 0.947 bits per heavy atom. The van der Waals surface area contributed by atoms with E-state index in [9.17, 15) is 15.3 Å². The van der Waals surface area contributed by atoms with Gasteiger partial charge in [-0.05, 0) is 29.3 Å². The summed E-state index contributed by atoms with van der Waals surface area (Å²) in [6.07, 6.45) is -0.669. The third-order valence-electron chi connectivity index (χ3n) is 3.30. The first-order valence-electron chi connectivity index (χ1n) is 6.09. The van der Waals surface area contributed by atoms with Gasteiger partial charge in [0.25, 0.3) is 0 Å². The van der Waals surface area contributed by atoms with Crippen LogP contribution >= 0.6 is 0 Å². The van der Waals surface area contributed by atoms with Gasteiger partial charge in [-0.1, -0.05) is 18.2 Å². The lowest BCUT2D eigenvalue weighted by Crippen LogP contribution is -2.30. The molecular formula is C15H14O4.